The Morgan fingerprint density at radius 1 is 0.406 bits per heavy atom. The molecule has 8 heteroatoms. The third kappa shape index (κ3) is 44.7. The average Bonchev–Trinajstić information content (AvgIpc) is 3.35. The Hall–Kier alpha value is -0.450. The van der Waals surface area contributed by atoms with Crippen molar-refractivity contribution in [2.45, 2.75) is 333 Å². The Morgan fingerprint density at radius 2 is 0.739 bits per heavy atom. The molecule has 0 aromatic heterocycles. The number of halogens is 1. The van der Waals surface area contributed by atoms with Crippen LogP contribution in [-0.2, 0) is 19.1 Å². The monoisotopic (exact) mass is 1090 g/mol. The van der Waals surface area contributed by atoms with Crippen LogP contribution in [0, 0.1) is 5.92 Å². The van der Waals surface area contributed by atoms with Crippen LogP contribution in [0.15, 0.2) is 0 Å². The zero-order valence-corrected chi connectivity index (χ0v) is 49.2. The van der Waals surface area contributed by atoms with Crippen molar-refractivity contribution in [1.82, 2.24) is 4.90 Å². The summed E-state index contributed by atoms with van der Waals surface area (Å²) in [6, 6.07) is -0.241. The number of hydrogen-bond acceptors (Lipinski definition) is 7. The van der Waals surface area contributed by atoms with Gasteiger partial charge in [0.25, 0.3) is 0 Å². The third-order valence-electron chi connectivity index (χ3n) is 14.6. The first-order valence-corrected chi connectivity index (χ1v) is 33.6. The van der Waals surface area contributed by atoms with E-state index in [1.165, 1.54) is 178 Å². The second kappa shape index (κ2) is 55.3. The van der Waals surface area contributed by atoms with Crippen molar-refractivity contribution >= 4 is 11.9 Å². The summed E-state index contributed by atoms with van der Waals surface area (Å²) in [6.07, 6.45) is 51.8. The molecule has 0 fully saturated rings. The fourth-order valence-corrected chi connectivity index (χ4v) is 13.0. The zero-order valence-electron chi connectivity index (χ0n) is 47.0. The molecule has 0 rings (SSSR count). The Labute approximate surface area is 441 Å². The summed E-state index contributed by atoms with van der Waals surface area (Å²) in [5, 5.41) is 22.1. The molecule has 69 heavy (non-hydrogen) atoms. The quantitative estimate of drug-likeness (QED) is 0.0271. The number of aliphatic hydroxyl groups is 2. The number of esters is 2. The first-order chi connectivity index (χ1) is 33.9. The molecular weight excluding hydrogens is 970 g/mol. The number of hydrogen-bond donors (Lipinski definition) is 2. The Morgan fingerprint density at radius 3 is 1.17 bits per heavy atom. The molecule has 414 valence electrons. The number of rotatable bonds is 57. The van der Waals surface area contributed by atoms with E-state index < -0.39 is 6.10 Å². The average molecular weight is 1090 g/mol. The molecule has 0 aliphatic heterocycles. The molecule has 0 spiro atoms. The normalized spacial score (nSPS) is 13.6. The topological polar surface area (TPSA) is 96.3 Å². The first-order valence-electron chi connectivity index (χ1n) is 30.8. The summed E-state index contributed by atoms with van der Waals surface area (Å²) in [5.41, 5.74) is 0. The van der Waals surface area contributed by atoms with Crippen molar-refractivity contribution in [1.29, 1.82) is 0 Å². The fraction of sp³-hybridized carbons (Fsp3) is 0.967. The van der Waals surface area contributed by atoms with Gasteiger partial charge in [0.05, 0.1) is 12.5 Å². The molecule has 0 bridgehead atoms. The van der Waals surface area contributed by atoms with Gasteiger partial charge in [-0.05, 0) is 25.7 Å². The molecule has 0 radical (unpaired) electrons. The maximum absolute atomic E-state index is 13.2. The van der Waals surface area contributed by atoms with Crippen LogP contribution in [0.1, 0.15) is 317 Å². The molecule has 0 amide bonds. The molecule has 0 heterocycles. The van der Waals surface area contributed by atoms with Crippen LogP contribution in [-0.4, -0.2) is 80.5 Å². The van der Waals surface area contributed by atoms with Gasteiger partial charge in [-0.25, -0.2) is 0 Å². The van der Waals surface area contributed by atoms with Gasteiger partial charge in [0.1, 0.15) is 0 Å². The summed E-state index contributed by atoms with van der Waals surface area (Å²) in [4.78, 5) is 28.8. The van der Waals surface area contributed by atoms with Crippen molar-refractivity contribution < 1.29 is 50.5 Å². The molecule has 0 aliphatic rings. The Bertz CT molecular complexity index is 990. The molecule has 0 saturated heterocycles. The number of aliphatic hydroxyl groups excluding tert-OH is 2. The first kappa shape index (κ1) is 68.6. The van der Waals surface area contributed by atoms with Crippen molar-refractivity contribution in [2.24, 2.45) is 5.92 Å². The molecule has 0 aromatic rings. The number of unbranched alkanes of at least 4 members (excludes halogenated alkanes) is 33. The predicted octanol–water partition coefficient (Wildman–Crippen LogP) is 14.4. The van der Waals surface area contributed by atoms with E-state index in [1.54, 1.807) is 0 Å². The molecule has 4 atom stereocenters. The van der Waals surface area contributed by atoms with Gasteiger partial charge >= 0.3 is 205 Å². The summed E-state index contributed by atoms with van der Waals surface area (Å²) in [5.74, 6) is 0.155. The van der Waals surface area contributed by atoms with Crippen LogP contribution in [0.3, 0.4) is 0 Å². The van der Waals surface area contributed by atoms with Crippen LogP contribution in [0.25, 0.3) is 0 Å². The summed E-state index contributed by atoms with van der Waals surface area (Å²) in [7, 11) is 0. The van der Waals surface area contributed by atoms with Crippen LogP contribution >= 0.6 is 0 Å². The van der Waals surface area contributed by atoms with Gasteiger partial charge < -0.3 is 14.9 Å². The van der Waals surface area contributed by atoms with Crippen molar-refractivity contribution in [3.05, 3.63) is 0 Å². The molecule has 2 N–H and O–H groups in total. The second-order valence-corrected chi connectivity index (χ2v) is 24.7. The van der Waals surface area contributed by atoms with Gasteiger partial charge in [0, 0.05) is 0 Å². The van der Waals surface area contributed by atoms with Crippen LogP contribution < -0.4 is 21.2 Å². The molecule has 0 aliphatic carbocycles. The van der Waals surface area contributed by atoms with Gasteiger partial charge in [0.15, 0.2) is 0 Å². The van der Waals surface area contributed by atoms with Crippen molar-refractivity contribution in [2.75, 3.05) is 37.3 Å². The van der Waals surface area contributed by atoms with E-state index in [1.807, 2.05) is 0 Å². The van der Waals surface area contributed by atoms with Gasteiger partial charge in [-0.2, -0.15) is 0 Å². The van der Waals surface area contributed by atoms with Crippen LogP contribution in [0.5, 0.6) is 0 Å². The second-order valence-electron chi connectivity index (χ2n) is 21.2. The molecule has 0 aromatic carbocycles. The van der Waals surface area contributed by atoms with Gasteiger partial charge in [-0.3, -0.25) is 4.79 Å². The summed E-state index contributed by atoms with van der Waals surface area (Å²) >= 11 is -0.154. The Balaban J connectivity index is 5.04. The Kier molecular flexibility index (Phi) is 54.9. The SMILES string of the molecule is CCCCCCCCCCCCCCCC(O)C(CO)N(CCCCCCOC(=O)C(CCCCCC)CCCCCCCC)CCCCCCOC(=O)C(CCCCCCCC)[I-]CCCCC. The molecular formula is C61H121INO6-. The van der Waals surface area contributed by atoms with Gasteiger partial charge in [-0.15, -0.1) is 0 Å². The van der Waals surface area contributed by atoms with E-state index in [0.29, 0.717) is 13.2 Å². The standard InChI is InChI=1S/C61H121INO6/c1-6-11-16-20-23-24-25-26-27-28-29-32-40-49-59(65)58(55-64)63(51-42-33-35-44-53-68-60(66)56(46-37-19-14-9-4)47-38-30-21-17-12-7-2)52-43-34-36-45-54-69-61(67)57(62-50-41-15-10-5)48-39-31-22-18-13-8-3/h56-59,64-65H,6-55H2,1-5H3/q-1. The van der Waals surface area contributed by atoms with E-state index >= 15 is 0 Å². The molecule has 7 nitrogen and oxygen atoms in total. The van der Waals surface area contributed by atoms with Crippen molar-refractivity contribution in [3.8, 4) is 0 Å². The fourth-order valence-electron chi connectivity index (χ4n) is 9.87. The zero-order chi connectivity index (χ0) is 50.5. The summed E-state index contributed by atoms with van der Waals surface area (Å²) in [6.45, 7) is 14.0. The number of carbonyl (C=O) groups excluding carboxylic acids is 2. The molecule has 4 unspecified atom stereocenters. The van der Waals surface area contributed by atoms with E-state index in [9.17, 15) is 19.8 Å². The number of ether oxygens (including phenoxy) is 2. The van der Waals surface area contributed by atoms with Crippen LogP contribution in [0.4, 0.5) is 0 Å². The van der Waals surface area contributed by atoms with E-state index in [0.717, 1.165) is 122 Å². The summed E-state index contributed by atoms with van der Waals surface area (Å²) < 4.78 is 13.2. The third-order valence-corrected chi connectivity index (χ3v) is 18.2. The minimum absolute atomic E-state index is 0.0230. The number of carbonyl (C=O) groups is 2. The van der Waals surface area contributed by atoms with Crippen LogP contribution in [0.2, 0.25) is 0 Å². The molecule has 0 saturated carbocycles. The van der Waals surface area contributed by atoms with Crippen molar-refractivity contribution in [3.63, 3.8) is 0 Å². The van der Waals surface area contributed by atoms with Gasteiger partial charge in [-0.1, -0.05) is 181 Å². The minimum atomic E-state index is -0.526. The maximum atomic E-state index is 13.2. The van der Waals surface area contributed by atoms with E-state index in [-0.39, 0.29) is 55.6 Å². The predicted molar refractivity (Wildman–Crippen MR) is 294 cm³/mol. The van der Waals surface area contributed by atoms with E-state index in [2.05, 4.69) is 39.5 Å². The van der Waals surface area contributed by atoms with Gasteiger partial charge in [0.2, 0.25) is 0 Å². The number of nitrogens with zero attached hydrogens (tertiary/aromatic N) is 1. The number of alkyl halides is 2. The van der Waals surface area contributed by atoms with E-state index in [4.69, 9.17) is 9.47 Å².